The molecule has 0 spiro atoms. The van der Waals surface area contributed by atoms with Crippen LogP contribution >= 0.6 is 0 Å². The molecule has 2 rings (SSSR count). The molecule has 0 aromatic rings. The summed E-state index contributed by atoms with van der Waals surface area (Å²) in [6, 6.07) is 0. The minimum absolute atomic E-state index is 0.183. The van der Waals surface area contributed by atoms with Crippen LogP contribution in [0, 0.1) is 5.92 Å². The number of ether oxygens (including phenoxy) is 5. The van der Waals surface area contributed by atoms with Crippen LogP contribution < -0.4 is 0 Å². The minimum Gasteiger partial charge on any atom is -0.454 e. The number of hydrogen-bond acceptors (Lipinski definition) is 6. The highest BCUT2D eigenvalue weighted by Crippen LogP contribution is 2.30. The lowest BCUT2D eigenvalue weighted by Crippen LogP contribution is -2.35. The molecule has 126 valence electrons. The highest BCUT2D eigenvalue weighted by atomic mass is 16.7. The molecular formula is C16H26O6. The molecule has 0 N–H and O–H groups in total. The van der Waals surface area contributed by atoms with E-state index in [4.69, 9.17) is 23.7 Å². The normalized spacial score (nSPS) is 30.5. The minimum atomic E-state index is -0.417. The zero-order valence-corrected chi connectivity index (χ0v) is 13.6. The summed E-state index contributed by atoms with van der Waals surface area (Å²) in [5.74, 6) is 0.195. The van der Waals surface area contributed by atoms with Crippen molar-refractivity contribution in [2.75, 3.05) is 26.6 Å². The first-order chi connectivity index (χ1) is 10.5. The predicted molar refractivity (Wildman–Crippen MR) is 79.3 cm³/mol. The highest BCUT2D eigenvalue weighted by Gasteiger charge is 2.50. The number of carbonyl (C=O) groups excluding carboxylic acids is 1. The SMILES string of the molecule is C=C(C)C(=O)OC1COC2C(OCOCCC(C)C)COC12. The summed E-state index contributed by atoms with van der Waals surface area (Å²) in [5, 5.41) is 0. The Kier molecular flexibility index (Phi) is 6.37. The summed E-state index contributed by atoms with van der Waals surface area (Å²) < 4.78 is 27.8. The average Bonchev–Trinajstić information content (AvgIpc) is 3.02. The van der Waals surface area contributed by atoms with Gasteiger partial charge in [0.1, 0.15) is 25.1 Å². The standard InChI is InChI=1S/C16H26O6/c1-10(2)5-6-18-9-21-12-7-19-15-13(8-20-14(12)15)22-16(17)11(3)4/h10,12-15H,3,5-9H2,1-2,4H3. The van der Waals surface area contributed by atoms with Gasteiger partial charge in [0, 0.05) is 12.2 Å². The lowest BCUT2D eigenvalue weighted by molar-refractivity contribution is -0.149. The van der Waals surface area contributed by atoms with Gasteiger partial charge >= 0.3 is 5.97 Å². The number of hydrogen-bond donors (Lipinski definition) is 0. The van der Waals surface area contributed by atoms with Crippen LogP contribution in [-0.4, -0.2) is 57.0 Å². The summed E-state index contributed by atoms with van der Waals surface area (Å²) in [4.78, 5) is 11.6. The van der Waals surface area contributed by atoms with Crippen LogP contribution in [0.3, 0.4) is 0 Å². The third-order valence-corrected chi connectivity index (χ3v) is 3.77. The van der Waals surface area contributed by atoms with Gasteiger partial charge in [-0.15, -0.1) is 0 Å². The predicted octanol–water partition coefficient (Wildman–Crippen LogP) is 1.68. The lowest BCUT2D eigenvalue weighted by Gasteiger charge is -2.17. The van der Waals surface area contributed by atoms with E-state index >= 15 is 0 Å². The topological polar surface area (TPSA) is 63.2 Å². The van der Waals surface area contributed by atoms with Crippen molar-refractivity contribution in [3.8, 4) is 0 Å². The number of rotatable bonds is 8. The van der Waals surface area contributed by atoms with Crippen molar-refractivity contribution in [3.63, 3.8) is 0 Å². The van der Waals surface area contributed by atoms with Crippen molar-refractivity contribution < 1.29 is 28.5 Å². The quantitative estimate of drug-likeness (QED) is 0.294. The van der Waals surface area contributed by atoms with Gasteiger partial charge in [0.25, 0.3) is 0 Å². The Labute approximate surface area is 131 Å². The molecule has 2 heterocycles. The van der Waals surface area contributed by atoms with Crippen molar-refractivity contribution in [1.29, 1.82) is 0 Å². The fraction of sp³-hybridized carbons (Fsp3) is 0.812. The Morgan fingerprint density at radius 1 is 1.23 bits per heavy atom. The molecule has 2 aliphatic heterocycles. The second-order valence-corrected chi connectivity index (χ2v) is 6.23. The van der Waals surface area contributed by atoms with E-state index in [1.165, 1.54) is 0 Å². The fourth-order valence-corrected chi connectivity index (χ4v) is 2.42. The van der Waals surface area contributed by atoms with Crippen LogP contribution in [0.15, 0.2) is 12.2 Å². The van der Waals surface area contributed by atoms with Gasteiger partial charge in [-0.05, 0) is 19.3 Å². The van der Waals surface area contributed by atoms with E-state index in [1.807, 2.05) is 0 Å². The van der Waals surface area contributed by atoms with E-state index in [0.29, 0.717) is 31.3 Å². The summed E-state index contributed by atoms with van der Waals surface area (Å²) in [5.41, 5.74) is 0.368. The molecule has 6 nitrogen and oxygen atoms in total. The van der Waals surface area contributed by atoms with Gasteiger partial charge in [0.05, 0.1) is 13.2 Å². The number of fused-ring (bicyclic) bond motifs is 1. The molecule has 0 aliphatic carbocycles. The van der Waals surface area contributed by atoms with Crippen molar-refractivity contribution in [2.24, 2.45) is 5.92 Å². The van der Waals surface area contributed by atoms with Gasteiger partial charge in [-0.3, -0.25) is 0 Å². The van der Waals surface area contributed by atoms with E-state index in [2.05, 4.69) is 20.4 Å². The maximum absolute atomic E-state index is 11.6. The summed E-state index contributed by atoms with van der Waals surface area (Å²) in [6.07, 6.45) is -0.0609. The van der Waals surface area contributed by atoms with E-state index in [-0.39, 0.29) is 25.1 Å². The van der Waals surface area contributed by atoms with Gasteiger partial charge in [-0.1, -0.05) is 20.4 Å². The molecule has 22 heavy (non-hydrogen) atoms. The zero-order valence-electron chi connectivity index (χ0n) is 13.6. The van der Waals surface area contributed by atoms with Crippen LogP contribution in [0.1, 0.15) is 27.2 Å². The first-order valence-corrected chi connectivity index (χ1v) is 7.78. The molecule has 0 aromatic carbocycles. The molecule has 2 fully saturated rings. The second-order valence-electron chi connectivity index (χ2n) is 6.23. The first kappa shape index (κ1) is 17.4. The van der Waals surface area contributed by atoms with Crippen molar-refractivity contribution in [1.82, 2.24) is 0 Å². The summed E-state index contributed by atoms with van der Waals surface area (Å²) >= 11 is 0. The van der Waals surface area contributed by atoms with Crippen molar-refractivity contribution >= 4 is 5.97 Å². The Morgan fingerprint density at radius 3 is 2.50 bits per heavy atom. The lowest BCUT2D eigenvalue weighted by atomic mass is 10.1. The Hall–Kier alpha value is -0.950. The first-order valence-electron chi connectivity index (χ1n) is 7.78. The van der Waals surface area contributed by atoms with Crippen LogP contribution in [0.4, 0.5) is 0 Å². The molecule has 6 heteroatoms. The van der Waals surface area contributed by atoms with E-state index in [1.54, 1.807) is 6.92 Å². The number of carbonyl (C=O) groups is 1. The molecular weight excluding hydrogens is 288 g/mol. The van der Waals surface area contributed by atoms with Gasteiger partial charge in [-0.25, -0.2) is 4.79 Å². The Morgan fingerprint density at radius 2 is 1.86 bits per heavy atom. The molecule has 4 unspecified atom stereocenters. The maximum Gasteiger partial charge on any atom is 0.333 e. The fourth-order valence-electron chi connectivity index (χ4n) is 2.42. The molecule has 2 saturated heterocycles. The second kappa shape index (κ2) is 8.06. The summed E-state index contributed by atoms with van der Waals surface area (Å²) in [7, 11) is 0. The van der Waals surface area contributed by atoms with Crippen LogP contribution in [0.2, 0.25) is 0 Å². The Balaban J connectivity index is 1.71. The largest absolute Gasteiger partial charge is 0.454 e. The van der Waals surface area contributed by atoms with Gasteiger partial charge in [0.15, 0.2) is 6.10 Å². The molecule has 0 radical (unpaired) electrons. The average molecular weight is 314 g/mol. The molecule has 0 aromatic heterocycles. The van der Waals surface area contributed by atoms with Gasteiger partial charge in [0.2, 0.25) is 0 Å². The third-order valence-electron chi connectivity index (χ3n) is 3.77. The van der Waals surface area contributed by atoms with Crippen molar-refractivity contribution in [2.45, 2.75) is 51.6 Å². The summed E-state index contributed by atoms with van der Waals surface area (Å²) in [6.45, 7) is 11.1. The van der Waals surface area contributed by atoms with Gasteiger partial charge in [-0.2, -0.15) is 0 Å². The monoisotopic (exact) mass is 314 g/mol. The molecule has 2 aliphatic rings. The van der Waals surface area contributed by atoms with Crippen LogP contribution in [-0.2, 0) is 28.5 Å². The van der Waals surface area contributed by atoms with E-state index in [9.17, 15) is 4.79 Å². The van der Waals surface area contributed by atoms with Crippen LogP contribution in [0.5, 0.6) is 0 Å². The van der Waals surface area contributed by atoms with Gasteiger partial charge < -0.3 is 23.7 Å². The highest BCUT2D eigenvalue weighted by molar-refractivity contribution is 5.87. The van der Waals surface area contributed by atoms with Crippen LogP contribution in [0.25, 0.3) is 0 Å². The van der Waals surface area contributed by atoms with E-state index in [0.717, 1.165) is 6.42 Å². The maximum atomic E-state index is 11.6. The Bertz CT molecular complexity index is 394. The molecule has 4 atom stereocenters. The van der Waals surface area contributed by atoms with E-state index < -0.39 is 12.1 Å². The smallest absolute Gasteiger partial charge is 0.333 e. The number of esters is 1. The third kappa shape index (κ3) is 4.52. The molecule has 0 saturated carbocycles. The van der Waals surface area contributed by atoms with Crippen molar-refractivity contribution in [3.05, 3.63) is 12.2 Å². The zero-order chi connectivity index (χ0) is 16.1. The molecule has 0 amide bonds. The molecule has 0 bridgehead atoms.